The number of aryl methyl sites for hydroxylation is 1. The molecular formula is C26H40N4O2. The Morgan fingerprint density at radius 3 is 2.44 bits per heavy atom. The molecule has 1 aromatic heterocycles. The second-order valence-corrected chi connectivity index (χ2v) is 9.29. The molecule has 176 valence electrons. The van der Waals surface area contributed by atoms with Gasteiger partial charge >= 0.3 is 0 Å². The third kappa shape index (κ3) is 6.11. The summed E-state index contributed by atoms with van der Waals surface area (Å²) in [6.07, 6.45) is 7.85. The van der Waals surface area contributed by atoms with Gasteiger partial charge in [0.05, 0.1) is 11.0 Å². The first-order valence-electron chi connectivity index (χ1n) is 12.5. The largest absolute Gasteiger partial charge is 0.356 e. The second kappa shape index (κ2) is 11.5. The molecule has 0 spiro atoms. The van der Waals surface area contributed by atoms with Crippen LogP contribution in [-0.2, 0) is 22.6 Å². The van der Waals surface area contributed by atoms with Crippen molar-refractivity contribution in [2.45, 2.75) is 97.7 Å². The van der Waals surface area contributed by atoms with E-state index >= 15 is 0 Å². The van der Waals surface area contributed by atoms with Crippen LogP contribution in [0.2, 0.25) is 0 Å². The van der Waals surface area contributed by atoms with Gasteiger partial charge in [-0.2, -0.15) is 0 Å². The van der Waals surface area contributed by atoms with E-state index in [1.165, 1.54) is 0 Å². The summed E-state index contributed by atoms with van der Waals surface area (Å²) in [7, 11) is 0. The van der Waals surface area contributed by atoms with Crippen molar-refractivity contribution in [1.29, 1.82) is 0 Å². The molecular weight excluding hydrogens is 400 g/mol. The van der Waals surface area contributed by atoms with Gasteiger partial charge in [0.25, 0.3) is 0 Å². The number of hydrogen-bond acceptors (Lipinski definition) is 3. The molecule has 2 amide bonds. The molecule has 2 aromatic rings. The summed E-state index contributed by atoms with van der Waals surface area (Å²) in [6.45, 7) is 9.64. The van der Waals surface area contributed by atoms with Crippen LogP contribution in [0.3, 0.4) is 0 Å². The van der Waals surface area contributed by atoms with Crippen molar-refractivity contribution in [2.24, 2.45) is 5.92 Å². The predicted octanol–water partition coefficient (Wildman–Crippen LogP) is 4.70. The van der Waals surface area contributed by atoms with Gasteiger partial charge in [0.2, 0.25) is 11.8 Å². The fourth-order valence-corrected chi connectivity index (χ4v) is 4.32. The zero-order valence-electron chi connectivity index (χ0n) is 20.3. The smallest absolute Gasteiger partial charge is 0.243 e. The van der Waals surface area contributed by atoms with E-state index in [-0.39, 0.29) is 29.8 Å². The van der Waals surface area contributed by atoms with Gasteiger partial charge in [-0.3, -0.25) is 9.59 Å². The molecule has 1 aliphatic carbocycles. The number of amides is 2. The van der Waals surface area contributed by atoms with Crippen LogP contribution in [0.5, 0.6) is 0 Å². The van der Waals surface area contributed by atoms with Crippen molar-refractivity contribution in [3.8, 4) is 0 Å². The molecule has 2 unspecified atom stereocenters. The van der Waals surface area contributed by atoms with Gasteiger partial charge in [0, 0.05) is 31.0 Å². The summed E-state index contributed by atoms with van der Waals surface area (Å²) in [5, 5.41) is 3.04. The monoisotopic (exact) mass is 440 g/mol. The maximum absolute atomic E-state index is 13.4. The molecule has 1 aromatic carbocycles. The zero-order chi connectivity index (χ0) is 23.1. The minimum Gasteiger partial charge on any atom is -0.356 e. The van der Waals surface area contributed by atoms with E-state index in [0.717, 1.165) is 74.8 Å². The van der Waals surface area contributed by atoms with Crippen molar-refractivity contribution >= 4 is 22.8 Å². The highest BCUT2D eigenvalue weighted by atomic mass is 16.2. The van der Waals surface area contributed by atoms with Crippen LogP contribution in [0.1, 0.15) is 78.5 Å². The van der Waals surface area contributed by atoms with E-state index in [1.807, 2.05) is 18.2 Å². The van der Waals surface area contributed by atoms with Crippen LogP contribution in [0.25, 0.3) is 11.0 Å². The van der Waals surface area contributed by atoms with Crippen molar-refractivity contribution < 1.29 is 9.59 Å². The average Bonchev–Trinajstić information content (AvgIpc) is 3.59. The Morgan fingerprint density at radius 2 is 1.78 bits per heavy atom. The highest BCUT2D eigenvalue weighted by molar-refractivity contribution is 5.82. The van der Waals surface area contributed by atoms with E-state index in [2.05, 4.69) is 48.5 Å². The minimum atomic E-state index is 0.167. The fraction of sp³-hybridized carbons (Fsp3) is 0.654. The van der Waals surface area contributed by atoms with E-state index in [0.29, 0.717) is 6.54 Å². The Bertz CT molecular complexity index is 892. The average molecular weight is 441 g/mol. The van der Waals surface area contributed by atoms with Gasteiger partial charge in [-0.25, -0.2) is 4.98 Å². The molecule has 3 rings (SSSR count). The number of carbonyl (C=O) groups is 2. The van der Waals surface area contributed by atoms with Crippen LogP contribution in [0.4, 0.5) is 0 Å². The molecule has 6 heteroatoms. The van der Waals surface area contributed by atoms with Crippen LogP contribution >= 0.6 is 0 Å². The van der Waals surface area contributed by atoms with Crippen LogP contribution < -0.4 is 5.32 Å². The SMILES string of the molecule is CCC(C)N(C(=O)Cn1c(CCCCCNC(=O)C2CC2)nc2ccccc21)C(C)CC. The highest BCUT2D eigenvalue weighted by Crippen LogP contribution is 2.28. The van der Waals surface area contributed by atoms with E-state index in [4.69, 9.17) is 4.98 Å². The van der Waals surface area contributed by atoms with Crippen molar-refractivity contribution in [3.05, 3.63) is 30.1 Å². The lowest BCUT2D eigenvalue weighted by Crippen LogP contribution is -2.45. The third-order valence-electron chi connectivity index (χ3n) is 6.77. The number of aromatic nitrogens is 2. The van der Waals surface area contributed by atoms with E-state index < -0.39 is 0 Å². The molecule has 0 aliphatic heterocycles. The minimum absolute atomic E-state index is 0.167. The Hall–Kier alpha value is -2.37. The Labute approximate surface area is 192 Å². The first-order valence-corrected chi connectivity index (χ1v) is 12.5. The number of fused-ring (bicyclic) bond motifs is 1. The number of unbranched alkanes of at least 4 members (excludes halogenated alkanes) is 2. The lowest BCUT2D eigenvalue weighted by Gasteiger charge is -2.34. The van der Waals surface area contributed by atoms with Gasteiger partial charge in [0.15, 0.2) is 0 Å². The lowest BCUT2D eigenvalue weighted by atomic mass is 10.1. The number of benzene rings is 1. The molecule has 0 saturated heterocycles. The number of nitrogens with zero attached hydrogens (tertiary/aromatic N) is 3. The Kier molecular flexibility index (Phi) is 8.71. The summed E-state index contributed by atoms with van der Waals surface area (Å²) < 4.78 is 2.12. The zero-order valence-corrected chi connectivity index (χ0v) is 20.3. The summed E-state index contributed by atoms with van der Waals surface area (Å²) in [6, 6.07) is 8.54. The van der Waals surface area contributed by atoms with Gasteiger partial charge in [-0.15, -0.1) is 0 Å². The molecule has 1 heterocycles. The Balaban J connectivity index is 1.64. The predicted molar refractivity (Wildman–Crippen MR) is 129 cm³/mol. The molecule has 2 atom stereocenters. The summed E-state index contributed by atoms with van der Waals surface area (Å²) in [5.41, 5.74) is 1.98. The first-order chi connectivity index (χ1) is 15.5. The molecule has 1 saturated carbocycles. The molecule has 1 aliphatic rings. The number of imidazole rings is 1. The second-order valence-electron chi connectivity index (χ2n) is 9.29. The standard InChI is InChI=1S/C26H40N4O2/c1-5-19(3)30(20(4)6-2)25(31)18-29-23-13-10-9-12-22(23)28-24(29)14-8-7-11-17-27-26(32)21-15-16-21/h9-10,12-13,19-21H,5-8,11,14-18H2,1-4H3,(H,27,32). The Morgan fingerprint density at radius 1 is 1.09 bits per heavy atom. The van der Waals surface area contributed by atoms with Crippen LogP contribution in [0, 0.1) is 5.92 Å². The van der Waals surface area contributed by atoms with Crippen molar-refractivity contribution in [1.82, 2.24) is 19.8 Å². The summed E-state index contributed by atoms with van der Waals surface area (Å²) in [4.78, 5) is 32.0. The number of carbonyl (C=O) groups excluding carboxylic acids is 2. The lowest BCUT2D eigenvalue weighted by molar-refractivity contribution is -0.136. The highest BCUT2D eigenvalue weighted by Gasteiger charge is 2.29. The molecule has 0 bridgehead atoms. The van der Waals surface area contributed by atoms with Crippen LogP contribution in [0.15, 0.2) is 24.3 Å². The van der Waals surface area contributed by atoms with E-state index in [1.54, 1.807) is 0 Å². The third-order valence-corrected chi connectivity index (χ3v) is 6.77. The molecule has 6 nitrogen and oxygen atoms in total. The first kappa shape index (κ1) is 24.3. The normalized spacial score (nSPS) is 15.5. The number of rotatable bonds is 13. The summed E-state index contributed by atoms with van der Waals surface area (Å²) in [5.74, 6) is 1.64. The van der Waals surface area contributed by atoms with E-state index in [9.17, 15) is 9.59 Å². The van der Waals surface area contributed by atoms with Crippen molar-refractivity contribution in [2.75, 3.05) is 6.54 Å². The molecule has 0 radical (unpaired) electrons. The quantitative estimate of drug-likeness (QED) is 0.459. The number of hydrogen-bond donors (Lipinski definition) is 1. The molecule has 32 heavy (non-hydrogen) atoms. The maximum Gasteiger partial charge on any atom is 0.243 e. The fourth-order valence-electron chi connectivity index (χ4n) is 4.32. The molecule has 1 N–H and O–H groups in total. The van der Waals surface area contributed by atoms with Gasteiger partial charge in [-0.05, 0) is 64.5 Å². The maximum atomic E-state index is 13.4. The van der Waals surface area contributed by atoms with Gasteiger partial charge < -0.3 is 14.8 Å². The van der Waals surface area contributed by atoms with Crippen molar-refractivity contribution in [3.63, 3.8) is 0 Å². The number of nitrogens with one attached hydrogen (secondary N) is 1. The molecule has 1 fully saturated rings. The number of para-hydroxylation sites is 2. The summed E-state index contributed by atoms with van der Waals surface area (Å²) >= 11 is 0. The topological polar surface area (TPSA) is 67.2 Å². The van der Waals surface area contributed by atoms with Gasteiger partial charge in [0.1, 0.15) is 12.4 Å². The van der Waals surface area contributed by atoms with Gasteiger partial charge in [-0.1, -0.05) is 32.4 Å². The van der Waals surface area contributed by atoms with Crippen LogP contribution in [-0.4, -0.2) is 44.9 Å².